The summed E-state index contributed by atoms with van der Waals surface area (Å²) >= 11 is 3.39. The van der Waals surface area contributed by atoms with E-state index in [0.717, 1.165) is 28.6 Å². The van der Waals surface area contributed by atoms with Crippen molar-refractivity contribution in [3.8, 4) is 0 Å². The standard InChI is InChI=1S/C18H24BrN3O2.ClH/c1-11-6-7-13(19)9-15(11)22-17(23)10-20-18(24)16-8-12-4-2-3-5-14(12)21-16;/h6-7,9,12,14,16,21H,2-5,8,10H2,1H3,(H,20,24)(H,22,23);1H. The quantitative estimate of drug-likeness (QED) is 0.687. The van der Waals surface area contributed by atoms with Gasteiger partial charge in [-0.2, -0.15) is 0 Å². The summed E-state index contributed by atoms with van der Waals surface area (Å²) in [6.45, 7) is 1.93. The molecule has 1 aliphatic carbocycles. The van der Waals surface area contributed by atoms with Gasteiger partial charge in [0.2, 0.25) is 11.8 Å². The van der Waals surface area contributed by atoms with Gasteiger partial charge in [0.1, 0.15) is 0 Å². The zero-order valence-electron chi connectivity index (χ0n) is 14.3. The third kappa shape index (κ3) is 5.19. The number of carbonyl (C=O) groups excluding carboxylic acids is 2. The van der Waals surface area contributed by atoms with E-state index in [4.69, 9.17) is 0 Å². The maximum atomic E-state index is 12.3. The minimum Gasteiger partial charge on any atom is -0.346 e. The van der Waals surface area contributed by atoms with Gasteiger partial charge in [0.25, 0.3) is 0 Å². The van der Waals surface area contributed by atoms with E-state index < -0.39 is 0 Å². The third-order valence-electron chi connectivity index (χ3n) is 5.08. The van der Waals surface area contributed by atoms with Crippen LogP contribution in [-0.2, 0) is 9.59 Å². The molecule has 1 saturated carbocycles. The fourth-order valence-corrected chi connectivity index (χ4v) is 4.10. The molecular weight excluding hydrogens is 406 g/mol. The number of amides is 2. The Morgan fingerprint density at radius 2 is 2.04 bits per heavy atom. The Kier molecular flexibility index (Phi) is 7.28. The minimum absolute atomic E-state index is 0. The third-order valence-corrected chi connectivity index (χ3v) is 5.57. The molecule has 1 saturated heterocycles. The Morgan fingerprint density at radius 3 is 2.80 bits per heavy atom. The van der Waals surface area contributed by atoms with E-state index in [9.17, 15) is 9.59 Å². The lowest BCUT2D eigenvalue weighted by atomic mass is 9.85. The molecule has 1 aliphatic heterocycles. The second-order valence-electron chi connectivity index (χ2n) is 6.83. The zero-order chi connectivity index (χ0) is 17.1. The van der Waals surface area contributed by atoms with Crippen LogP contribution < -0.4 is 16.0 Å². The molecule has 2 fully saturated rings. The van der Waals surface area contributed by atoms with Gasteiger partial charge < -0.3 is 16.0 Å². The summed E-state index contributed by atoms with van der Waals surface area (Å²) in [5.41, 5.74) is 1.74. The van der Waals surface area contributed by atoms with Crippen LogP contribution in [0.3, 0.4) is 0 Å². The van der Waals surface area contributed by atoms with Crippen LogP contribution in [0, 0.1) is 12.8 Å². The number of hydrogen-bond acceptors (Lipinski definition) is 3. The van der Waals surface area contributed by atoms with E-state index in [0.29, 0.717) is 12.0 Å². The molecule has 7 heteroatoms. The van der Waals surface area contributed by atoms with E-state index in [1.165, 1.54) is 19.3 Å². The molecule has 3 rings (SSSR count). The molecular formula is C18H25BrClN3O2. The van der Waals surface area contributed by atoms with Crippen molar-refractivity contribution >= 4 is 45.8 Å². The molecule has 3 atom stereocenters. The maximum absolute atomic E-state index is 12.3. The van der Waals surface area contributed by atoms with Crippen LogP contribution in [0.5, 0.6) is 0 Å². The summed E-state index contributed by atoms with van der Waals surface area (Å²) in [6.07, 6.45) is 5.78. The van der Waals surface area contributed by atoms with Crippen molar-refractivity contribution in [1.82, 2.24) is 10.6 Å². The Morgan fingerprint density at radius 1 is 1.28 bits per heavy atom. The molecule has 0 spiro atoms. The first kappa shape index (κ1) is 20.2. The van der Waals surface area contributed by atoms with Crippen molar-refractivity contribution in [1.29, 1.82) is 0 Å². The fourth-order valence-electron chi connectivity index (χ4n) is 3.74. The topological polar surface area (TPSA) is 70.2 Å². The maximum Gasteiger partial charge on any atom is 0.243 e. The summed E-state index contributed by atoms with van der Waals surface area (Å²) < 4.78 is 0.908. The highest BCUT2D eigenvalue weighted by Crippen LogP contribution is 2.33. The number of rotatable bonds is 4. The molecule has 0 aromatic heterocycles. The molecule has 3 unspecified atom stereocenters. The van der Waals surface area contributed by atoms with Gasteiger partial charge in [0, 0.05) is 16.2 Å². The van der Waals surface area contributed by atoms with Gasteiger partial charge in [-0.25, -0.2) is 0 Å². The molecule has 1 heterocycles. The first-order valence-corrected chi connectivity index (χ1v) is 9.42. The largest absolute Gasteiger partial charge is 0.346 e. The molecule has 0 bridgehead atoms. The highest BCUT2D eigenvalue weighted by Gasteiger charge is 2.38. The van der Waals surface area contributed by atoms with Crippen LogP contribution >= 0.6 is 28.3 Å². The van der Waals surface area contributed by atoms with Gasteiger partial charge in [0.15, 0.2) is 0 Å². The minimum atomic E-state index is -0.208. The highest BCUT2D eigenvalue weighted by molar-refractivity contribution is 9.10. The lowest BCUT2D eigenvalue weighted by Crippen LogP contribution is -2.45. The van der Waals surface area contributed by atoms with Crippen molar-refractivity contribution in [2.45, 2.75) is 51.1 Å². The molecule has 1 aromatic carbocycles. The Hall–Kier alpha value is -1.11. The van der Waals surface area contributed by atoms with E-state index in [1.54, 1.807) is 0 Å². The lowest BCUT2D eigenvalue weighted by Gasteiger charge is -2.24. The summed E-state index contributed by atoms with van der Waals surface area (Å²) in [5.74, 6) is 0.345. The van der Waals surface area contributed by atoms with Crippen molar-refractivity contribution in [3.05, 3.63) is 28.2 Å². The first-order chi connectivity index (χ1) is 11.5. The van der Waals surface area contributed by atoms with Crippen LogP contribution in [-0.4, -0.2) is 30.4 Å². The Bertz CT molecular complexity index is 627. The van der Waals surface area contributed by atoms with Crippen LogP contribution in [0.2, 0.25) is 0 Å². The van der Waals surface area contributed by atoms with Gasteiger partial charge in [-0.1, -0.05) is 34.8 Å². The monoisotopic (exact) mass is 429 g/mol. The van der Waals surface area contributed by atoms with Gasteiger partial charge in [0.05, 0.1) is 12.6 Å². The fraction of sp³-hybridized carbons (Fsp3) is 0.556. The van der Waals surface area contributed by atoms with Gasteiger partial charge in [-0.3, -0.25) is 9.59 Å². The van der Waals surface area contributed by atoms with Crippen molar-refractivity contribution in [2.24, 2.45) is 5.92 Å². The second-order valence-corrected chi connectivity index (χ2v) is 7.75. The van der Waals surface area contributed by atoms with Crippen LogP contribution in [0.4, 0.5) is 5.69 Å². The van der Waals surface area contributed by atoms with E-state index in [-0.39, 0.29) is 36.8 Å². The predicted octanol–water partition coefficient (Wildman–Crippen LogP) is 3.15. The molecule has 5 nitrogen and oxygen atoms in total. The van der Waals surface area contributed by atoms with Gasteiger partial charge >= 0.3 is 0 Å². The van der Waals surface area contributed by atoms with E-state index >= 15 is 0 Å². The number of hydrogen-bond donors (Lipinski definition) is 3. The molecule has 2 amide bonds. The van der Waals surface area contributed by atoms with Crippen LogP contribution in [0.15, 0.2) is 22.7 Å². The summed E-state index contributed by atoms with van der Waals surface area (Å²) in [4.78, 5) is 24.4. The van der Waals surface area contributed by atoms with E-state index in [1.807, 2.05) is 25.1 Å². The molecule has 25 heavy (non-hydrogen) atoms. The molecule has 0 radical (unpaired) electrons. The molecule has 3 N–H and O–H groups in total. The van der Waals surface area contributed by atoms with Crippen molar-refractivity contribution < 1.29 is 9.59 Å². The summed E-state index contributed by atoms with van der Waals surface area (Å²) in [6, 6.07) is 6.05. The number of benzene rings is 1. The molecule has 1 aromatic rings. The summed E-state index contributed by atoms with van der Waals surface area (Å²) in [5, 5.41) is 9.04. The number of nitrogens with one attached hydrogen (secondary N) is 3. The Balaban J connectivity index is 0.00000225. The van der Waals surface area contributed by atoms with Crippen LogP contribution in [0.25, 0.3) is 0 Å². The van der Waals surface area contributed by atoms with Crippen LogP contribution in [0.1, 0.15) is 37.7 Å². The molecule has 138 valence electrons. The number of carbonyl (C=O) groups is 2. The number of aryl methyl sites for hydroxylation is 1. The average Bonchev–Trinajstić information content (AvgIpc) is 3.00. The smallest absolute Gasteiger partial charge is 0.243 e. The second kappa shape index (κ2) is 9.01. The SMILES string of the molecule is Cc1ccc(Br)cc1NC(=O)CNC(=O)C1CC2CCCCC2N1.Cl. The summed E-state index contributed by atoms with van der Waals surface area (Å²) in [7, 11) is 0. The zero-order valence-corrected chi connectivity index (χ0v) is 16.7. The van der Waals surface area contributed by atoms with Gasteiger partial charge in [-0.05, 0) is 49.8 Å². The lowest BCUT2D eigenvalue weighted by molar-refractivity contribution is -0.125. The van der Waals surface area contributed by atoms with E-state index in [2.05, 4.69) is 31.9 Å². The van der Waals surface area contributed by atoms with Gasteiger partial charge in [-0.15, -0.1) is 12.4 Å². The first-order valence-electron chi connectivity index (χ1n) is 8.62. The number of fused-ring (bicyclic) bond motifs is 1. The Labute approximate surface area is 163 Å². The average molecular weight is 431 g/mol. The molecule has 2 aliphatic rings. The van der Waals surface area contributed by atoms with Crippen molar-refractivity contribution in [3.63, 3.8) is 0 Å². The van der Waals surface area contributed by atoms with Crippen molar-refractivity contribution in [2.75, 3.05) is 11.9 Å². The number of halogens is 2. The number of anilines is 1. The normalized spacial score (nSPS) is 24.8. The predicted molar refractivity (Wildman–Crippen MR) is 105 cm³/mol. The highest BCUT2D eigenvalue weighted by atomic mass is 79.9.